The second-order valence-corrected chi connectivity index (χ2v) is 6.76. The molecule has 7 heteroatoms. The maximum Gasteiger partial charge on any atom is 0.271 e. The Morgan fingerprint density at radius 1 is 1.26 bits per heavy atom. The zero-order chi connectivity index (χ0) is 17.0. The molecule has 1 aromatic carbocycles. The lowest BCUT2D eigenvalue weighted by Gasteiger charge is -2.18. The summed E-state index contributed by atoms with van der Waals surface area (Å²) in [5.74, 6) is -0.757. The molecular weight excluding hydrogens is 334 g/mol. The zero-order valence-electron chi connectivity index (χ0n) is 13.1. The van der Waals surface area contributed by atoms with Crippen molar-refractivity contribution < 1.29 is 9.59 Å². The number of carbonyl (C=O) groups excluding carboxylic acids is 2. The second kappa shape index (κ2) is 7.57. The van der Waals surface area contributed by atoms with Crippen LogP contribution in [0.4, 0.5) is 0 Å². The lowest BCUT2D eigenvalue weighted by Crippen LogP contribution is -2.44. The smallest absolute Gasteiger partial charge is 0.271 e. The van der Waals surface area contributed by atoms with Gasteiger partial charge in [0.1, 0.15) is 6.04 Å². The second-order valence-electron chi connectivity index (χ2n) is 5.45. The number of nitrogens with zero attached hydrogens (tertiary/aromatic N) is 2. The Kier molecular flexibility index (Phi) is 5.74. The predicted molar refractivity (Wildman–Crippen MR) is 91.4 cm³/mol. The summed E-state index contributed by atoms with van der Waals surface area (Å²) in [7, 11) is 1.82. The van der Waals surface area contributed by atoms with E-state index in [2.05, 4.69) is 10.3 Å². The predicted octanol–water partition coefficient (Wildman–Crippen LogP) is 2.62. The van der Waals surface area contributed by atoms with Gasteiger partial charge in [-0.15, -0.1) is 11.3 Å². The van der Waals surface area contributed by atoms with E-state index < -0.39 is 6.04 Å². The highest BCUT2D eigenvalue weighted by molar-refractivity contribution is 7.07. The summed E-state index contributed by atoms with van der Waals surface area (Å²) >= 11 is 7.19. The molecule has 0 spiro atoms. The molecule has 2 amide bonds. The fourth-order valence-corrected chi connectivity index (χ4v) is 2.80. The highest BCUT2D eigenvalue weighted by atomic mass is 35.5. The van der Waals surface area contributed by atoms with Crippen LogP contribution in [0.25, 0.3) is 0 Å². The lowest BCUT2D eigenvalue weighted by atomic mass is 10.0. The quantitative estimate of drug-likeness (QED) is 0.920. The molecule has 0 fully saturated rings. The minimum absolute atomic E-state index is 0.0761. The number of hydrogen-bond donors (Lipinski definition) is 1. The fourth-order valence-electron chi connectivity index (χ4n) is 1.94. The van der Waals surface area contributed by atoms with Crippen LogP contribution in [-0.4, -0.2) is 22.4 Å². The van der Waals surface area contributed by atoms with Gasteiger partial charge in [0, 0.05) is 29.2 Å². The van der Waals surface area contributed by atoms with Crippen molar-refractivity contribution in [1.29, 1.82) is 0 Å². The molecule has 0 saturated heterocycles. The minimum Gasteiger partial charge on any atom is -0.340 e. The first kappa shape index (κ1) is 17.4. The molecular formula is C16H18ClN3O2S. The number of carbonyl (C=O) groups is 2. The molecule has 1 atom stereocenters. The number of halogens is 1. The summed E-state index contributed by atoms with van der Waals surface area (Å²) < 4.78 is 1.76. The van der Waals surface area contributed by atoms with Crippen molar-refractivity contribution in [3.8, 4) is 0 Å². The first-order chi connectivity index (χ1) is 10.9. The van der Waals surface area contributed by atoms with Crippen LogP contribution >= 0.6 is 22.9 Å². The number of thiazole rings is 1. The Bertz CT molecular complexity index is 762. The van der Waals surface area contributed by atoms with Crippen molar-refractivity contribution >= 4 is 34.8 Å². The van der Waals surface area contributed by atoms with Crippen molar-refractivity contribution in [3.63, 3.8) is 0 Å². The molecule has 1 N–H and O–H groups in total. The van der Waals surface area contributed by atoms with Crippen molar-refractivity contribution in [2.45, 2.75) is 19.9 Å². The van der Waals surface area contributed by atoms with E-state index >= 15 is 0 Å². The van der Waals surface area contributed by atoms with Crippen LogP contribution in [0.1, 0.15) is 24.2 Å². The molecule has 0 aliphatic carbocycles. The van der Waals surface area contributed by atoms with E-state index in [0.717, 1.165) is 0 Å². The molecule has 1 unspecified atom stereocenters. The van der Waals surface area contributed by atoms with Gasteiger partial charge < -0.3 is 9.88 Å². The Morgan fingerprint density at radius 2 is 1.91 bits per heavy atom. The number of hydrogen-bond acceptors (Lipinski definition) is 3. The Labute approximate surface area is 143 Å². The number of rotatable bonds is 4. The van der Waals surface area contributed by atoms with E-state index in [1.807, 2.05) is 32.5 Å². The molecule has 0 aliphatic rings. The van der Waals surface area contributed by atoms with E-state index in [9.17, 15) is 9.59 Å². The SMILES string of the molecule is CC(C)C(NC(=O)c1ccc(Cl)cc1)C(=O)N=c1sccn1C. The summed E-state index contributed by atoms with van der Waals surface area (Å²) in [6, 6.07) is 5.84. The highest BCUT2D eigenvalue weighted by Gasteiger charge is 2.24. The van der Waals surface area contributed by atoms with Crippen LogP contribution in [-0.2, 0) is 11.8 Å². The van der Waals surface area contributed by atoms with Gasteiger partial charge in [0.25, 0.3) is 11.8 Å². The Balaban J connectivity index is 2.19. The molecule has 1 heterocycles. The van der Waals surface area contributed by atoms with Gasteiger partial charge >= 0.3 is 0 Å². The van der Waals surface area contributed by atoms with E-state index in [4.69, 9.17) is 11.6 Å². The van der Waals surface area contributed by atoms with Crippen LogP contribution in [0.15, 0.2) is 40.8 Å². The average Bonchev–Trinajstić information content (AvgIpc) is 2.90. The monoisotopic (exact) mass is 351 g/mol. The average molecular weight is 352 g/mol. The zero-order valence-corrected chi connectivity index (χ0v) is 14.7. The molecule has 0 saturated carbocycles. The van der Waals surface area contributed by atoms with Gasteiger partial charge in [0.15, 0.2) is 4.80 Å². The Morgan fingerprint density at radius 3 is 2.43 bits per heavy atom. The van der Waals surface area contributed by atoms with Gasteiger partial charge in [0.05, 0.1) is 0 Å². The van der Waals surface area contributed by atoms with E-state index in [1.165, 1.54) is 11.3 Å². The lowest BCUT2D eigenvalue weighted by molar-refractivity contribution is -0.120. The van der Waals surface area contributed by atoms with Gasteiger partial charge in [-0.05, 0) is 30.2 Å². The molecule has 23 heavy (non-hydrogen) atoms. The summed E-state index contributed by atoms with van der Waals surface area (Å²) in [6.45, 7) is 3.74. The number of nitrogens with one attached hydrogen (secondary N) is 1. The van der Waals surface area contributed by atoms with E-state index in [0.29, 0.717) is 15.4 Å². The van der Waals surface area contributed by atoms with Crippen molar-refractivity contribution in [3.05, 3.63) is 51.2 Å². The molecule has 0 aliphatic heterocycles. The maximum atomic E-state index is 12.4. The molecule has 5 nitrogen and oxygen atoms in total. The van der Waals surface area contributed by atoms with Gasteiger partial charge in [-0.25, -0.2) is 0 Å². The molecule has 122 valence electrons. The number of benzene rings is 1. The van der Waals surface area contributed by atoms with Crippen LogP contribution in [0.3, 0.4) is 0 Å². The third-order valence-electron chi connectivity index (χ3n) is 3.29. The summed E-state index contributed by atoms with van der Waals surface area (Å²) in [4.78, 5) is 29.4. The highest BCUT2D eigenvalue weighted by Crippen LogP contribution is 2.11. The van der Waals surface area contributed by atoms with Gasteiger partial charge in [0.2, 0.25) is 0 Å². The number of amides is 2. The molecule has 2 rings (SSSR count). The minimum atomic E-state index is -0.680. The third kappa shape index (κ3) is 4.53. The van der Waals surface area contributed by atoms with Crippen molar-refractivity contribution in [2.75, 3.05) is 0 Å². The molecule has 0 radical (unpaired) electrons. The van der Waals surface area contributed by atoms with E-state index in [-0.39, 0.29) is 17.7 Å². The Hall–Kier alpha value is -1.92. The topological polar surface area (TPSA) is 63.5 Å². The molecule has 1 aromatic heterocycles. The van der Waals surface area contributed by atoms with Crippen molar-refractivity contribution in [2.24, 2.45) is 18.0 Å². The summed E-state index contributed by atoms with van der Waals surface area (Å²) in [5, 5.41) is 5.16. The van der Waals surface area contributed by atoms with Crippen LogP contribution in [0, 0.1) is 5.92 Å². The standard InChI is InChI=1S/C16H18ClN3O2S/c1-10(2)13(15(22)19-16-20(3)8-9-23-16)18-14(21)11-4-6-12(17)7-5-11/h4-10,13H,1-3H3,(H,18,21). The van der Waals surface area contributed by atoms with Crippen LogP contribution < -0.4 is 10.1 Å². The van der Waals surface area contributed by atoms with Gasteiger partial charge in [-0.2, -0.15) is 4.99 Å². The largest absolute Gasteiger partial charge is 0.340 e. The molecule has 2 aromatic rings. The van der Waals surface area contributed by atoms with Crippen LogP contribution in [0.5, 0.6) is 0 Å². The summed E-state index contributed by atoms with van der Waals surface area (Å²) in [6.07, 6.45) is 1.83. The van der Waals surface area contributed by atoms with Crippen molar-refractivity contribution in [1.82, 2.24) is 9.88 Å². The van der Waals surface area contributed by atoms with Gasteiger partial charge in [-0.1, -0.05) is 25.4 Å². The first-order valence-corrected chi connectivity index (χ1v) is 8.39. The number of aromatic nitrogens is 1. The van der Waals surface area contributed by atoms with E-state index in [1.54, 1.807) is 28.8 Å². The third-order valence-corrected chi connectivity index (χ3v) is 4.39. The van der Waals surface area contributed by atoms with Gasteiger partial charge in [-0.3, -0.25) is 9.59 Å². The number of aryl methyl sites for hydroxylation is 1. The fraction of sp³-hybridized carbons (Fsp3) is 0.312. The maximum absolute atomic E-state index is 12.4. The molecule has 0 bridgehead atoms. The van der Waals surface area contributed by atoms with Crippen LogP contribution in [0.2, 0.25) is 5.02 Å². The first-order valence-electron chi connectivity index (χ1n) is 7.13. The summed E-state index contributed by atoms with van der Waals surface area (Å²) in [5.41, 5.74) is 0.453. The normalized spacial score (nSPS) is 13.2.